The van der Waals surface area contributed by atoms with Crippen LogP contribution in [0.2, 0.25) is 0 Å². The highest BCUT2D eigenvalue weighted by molar-refractivity contribution is 5.82. The first-order chi connectivity index (χ1) is 12.2. The van der Waals surface area contributed by atoms with Crippen LogP contribution in [0.4, 0.5) is 4.39 Å². The average molecular weight is 336 g/mol. The van der Waals surface area contributed by atoms with Gasteiger partial charge in [0.15, 0.2) is 0 Å². The van der Waals surface area contributed by atoms with E-state index in [1.165, 1.54) is 12.4 Å². The van der Waals surface area contributed by atoms with Crippen LogP contribution in [0.25, 0.3) is 5.69 Å². The number of carbonyl (C=O) groups is 1. The van der Waals surface area contributed by atoms with Gasteiger partial charge in [-0.05, 0) is 41.7 Å². The number of halogens is 1. The Kier molecular flexibility index (Phi) is 4.01. The lowest BCUT2D eigenvalue weighted by molar-refractivity contribution is -0.122. The van der Waals surface area contributed by atoms with Gasteiger partial charge >= 0.3 is 0 Å². The Balaban J connectivity index is 1.33. The van der Waals surface area contributed by atoms with Crippen molar-refractivity contribution < 1.29 is 9.18 Å². The molecule has 1 N–H and O–H groups in total. The predicted molar refractivity (Wildman–Crippen MR) is 90.5 cm³/mol. The topological polar surface area (TPSA) is 59.8 Å². The van der Waals surface area contributed by atoms with Gasteiger partial charge in [0.1, 0.15) is 18.5 Å². The molecule has 1 amide bonds. The molecule has 1 aliphatic carbocycles. The standard InChI is InChI=1S/C19H17FN4O/c20-18-4-2-1-3-15(18)16-9-17(16)19(25)22-10-13-5-7-14(8-6-13)24-12-21-11-23-24/h1-8,11-12,16-17H,9-10H2,(H,22,25)/t16-,17+/m0/s1. The fourth-order valence-electron chi connectivity index (χ4n) is 3.03. The fraction of sp³-hybridized carbons (Fsp3) is 0.211. The van der Waals surface area contributed by atoms with Crippen LogP contribution in [0.3, 0.4) is 0 Å². The maximum Gasteiger partial charge on any atom is 0.224 e. The lowest BCUT2D eigenvalue weighted by Gasteiger charge is -2.07. The SMILES string of the molecule is O=C(NCc1ccc(-n2cncn2)cc1)[C@@H]1C[C@H]1c1ccccc1F. The Morgan fingerprint density at radius 2 is 2.00 bits per heavy atom. The highest BCUT2D eigenvalue weighted by Crippen LogP contribution is 2.48. The molecule has 1 aliphatic rings. The lowest BCUT2D eigenvalue weighted by Crippen LogP contribution is -2.24. The third-order valence-corrected chi connectivity index (χ3v) is 4.52. The highest BCUT2D eigenvalue weighted by Gasteiger charge is 2.44. The van der Waals surface area contributed by atoms with Crippen LogP contribution in [-0.2, 0) is 11.3 Å². The molecule has 3 aromatic rings. The lowest BCUT2D eigenvalue weighted by atomic mass is 10.1. The second-order valence-electron chi connectivity index (χ2n) is 6.19. The van der Waals surface area contributed by atoms with Gasteiger partial charge in [-0.2, -0.15) is 5.10 Å². The first-order valence-corrected chi connectivity index (χ1v) is 8.18. The van der Waals surface area contributed by atoms with Crippen molar-refractivity contribution in [3.05, 3.63) is 78.1 Å². The van der Waals surface area contributed by atoms with Gasteiger partial charge in [-0.3, -0.25) is 4.79 Å². The largest absolute Gasteiger partial charge is 0.352 e. The number of benzene rings is 2. The Morgan fingerprint density at radius 3 is 2.72 bits per heavy atom. The second-order valence-corrected chi connectivity index (χ2v) is 6.19. The first-order valence-electron chi connectivity index (χ1n) is 8.18. The van der Waals surface area contributed by atoms with Crippen molar-refractivity contribution in [2.75, 3.05) is 0 Å². The molecule has 5 nitrogen and oxygen atoms in total. The van der Waals surface area contributed by atoms with Crippen LogP contribution >= 0.6 is 0 Å². The van der Waals surface area contributed by atoms with E-state index in [1.807, 2.05) is 30.3 Å². The van der Waals surface area contributed by atoms with Gasteiger partial charge < -0.3 is 5.32 Å². The molecule has 2 aromatic carbocycles. The summed E-state index contributed by atoms with van der Waals surface area (Å²) in [6, 6.07) is 14.4. The number of rotatable bonds is 5. The summed E-state index contributed by atoms with van der Waals surface area (Å²) in [6.07, 6.45) is 3.82. The smallest absolute Gasteiger partial charge is 0.224 e. The summed E-state index contributed by atoms with van der Waals surface area (Å²) >= 11 is 0. The summed E-state index contributed by atoms with van der Waals surface area (Å²) in [7, 11) is 0. The Morgan fingerprint density at radius 1 is 1.20 bits per heavy atom. The van der Waals surface area contributed by atoms with E-state index in [9.17, 15) is 9.18 Å². The number of aromatic nitrogens is 3. The van der Waals surface area contributed by atoms with Crippen LogP contribution in [-0.4, -0.2) is 20.7 Å². The molecular formula is C19H17FN4O. The zero-order valence-corrected chi connectivity index (χ0v) is 13.5. The van der Waals surface area contributed by atoms with Crippen LogP contribution in [0.15, 0.2) is 61.2 Å². The van der Waals surface area contributed by atoms with E-state index in [2.05, 4.69) is 15.4 Å². The molecule has 6 heteroatoms. The van der Waals surface area contributed by atoms with E-state index in [0.717, 1.165) is 11.3 Å². The van der Waals surface area contributed by atoms with E-state index in [0.29, 0.717) is 18.5 Å². The van der Waals surface area contributed by atoms with Crippen LogP contribution < -0.4 is 5.32 Å². The number of nitrogens with zero attached hydrogens (tertiary/aromatic N) is 3. The maximum absolute atomic E-state index is 13.8. The van der Waals surface area contributed by atoms with Crippen molar-refractivity contribution in [1.29, 1.82) is 0 Å². The molecule has 0 radical (unpaired) electrons. The number of nitrogens with one attached hydrogen (secondary N) is 1. The third kappa shape index (κ3) is 3.28. The summed E-state index contributed by atoms with van der Waals surface area (Å²) < 4.78 is 15.5. The van der Waals surface area contributed by atoms with E-state index in [-0.39, 0.29) is 23.6 Å². The predicted octanol–water partition coefficient (Wildman–Crippen LogP) is 2.83. The molecule has 1 heterocycles. The van der Waals surface area contributed by atoms with Crippen molar-refractivity contribution >= 4 is 5.91 Å². The van der Waals surface area contributed by atoms with Crippen LogP contribution in [0.1, 0.15) is 23.5 Å². The molecule has 0 unspecified atom stereocenters. The molecule has 2 atom stereocenters. The number of hydrogen-bond acceptors (Lipinski definition) is 3. The van der Waals surface area contributed by atoms with E-state index < -0.39 is 0 Å². The molecule has 1 saturated carbocycles. The number of carbonyl (C=O) groups excluding carboxylic acids is 1. The summed E-state index contributed by atoms with van der Waals surface area (Å²) in [5, 5.41) is 7.01. The van der Waals surface area contributed by atoms with Crippen molar-refractivity contribution in [3.8, 4) is 5.69 Å². The maximum atomic E-state index is 13.8. The minimum Gasteiger partial charge on any atom is -0.352 e. The van der Waals surface area contributed by atoms with Crippen LogP contribution in [0.5, 0.6) is 0 Å². The summed E-state index contributed by atoms with van der Waals surface area (Å²) in [5.74, 6) is -0.387. The average Bonchev–Trinajstić information content (AvgIpc) is 3.24. The number of amides is 1. The molecule has 1 fully saturated rings. The van der Waals surface area contributed by atoms with Crippen molar-refractivity contribution in [3.63, 3.8) is 0 Å². The third-order valence-electron chi connectivity index (χ3n) is 4.52. The summed E-state index contributed by atoms with van der Waals surface area (Å²) in [4.78, 5) is 16.2. The van der Waals surface area contributed by atoms with Gasteiger partial charge in [-0.15, -0.1) is 0 Å². The number of hydrogen-bond donors (Lipinski definition) is 1. The molecular weight excluding hydrogens is 319 g/mol. The zero-order valence-electron chi connectivity index (χ0n) is 13.5. The van der Waals surface area contributed by atoms with Gasteiger partial charge in [0, 0.05) is 12.5 Å². The quantitative estimate of drug-likeness (QED) is 0.779. The van der Waals surface area contributed by atoms with E-state index in [1.54, 1.807) is 23.1 Å². The second kappa shape index (κ2) is 6.47. The Bertz CT molecular complexity index is 877. The fourth-order valence-corrected chi connectivity index (χ4v) is 3.03. The van der Waals surface area contributed by atoms with Gasteiger partial charge in [0.05, 0.1) is 5.69 Å². The molecule has 0 saturated heterocycles. The van der Waals surface area contributed by atoms with Gasteiger partial charge in [-0.25, -0.2) is 14.1 Å². The van der Waals surface area contributed by atoms with Crippen molar-refractivity contribution in [1.82, 2.24) is 20.1 Å². The monoisotopic (exact) mass is 336 g/mol. The highest BCUT2D eigenvalue weighted by atomic mass is 19.1. The van der Waals surface area contributed by atoms with Gasteiger partial charge in [-0.1, -0.05) is 30.3 Å². The first kappa shape index (κ1) is 15.5. The molecule has 126 valence electrons. The zero-order chi connectivity index (χ0) is 17.2. The van der Waals surface area contributed by atoms with Crippen molar-refractivity contribution in [2.45, 2.75) is 18.9 Å². The van der Waals surface area contributed by atoms with Crippen molar-refractivity contribution in [2.24, 2.45) is 5.92 Å². The summed E-state index contributed by atoms with van der Waals surface area (Å²) in [5.41, 5.74) is 2.55. The normalized spacial score (nSPS) is 18.8. The molecule has 25 heavy (non-hydrogen) atoms. The molecule has 0 bridgehead atoms. The molecule has 4 rings (SSSR count). The van der Waals surface area contributed by atoms with Gasteiger partial charge in [0.25, 0.3) is 0 Å². The minimum absolute atomic E-state index is 0.00380. The Hall–Kier alpha value is -3.02. The summed E-state index contributed by atoms with van der Waals surface area (Å²) in [6.45, 7) is 0.455. The Labute approximate surface area is 144 Å². The molecule has 0 aliphatic heterocycles. The van der Waals surface area contributed by atoms with E-state index >= 15 is 0 Å². The van der Waals surface area contributed by atoms with Crippen LogP contribution in [0, 0.1) is 11.7 Å². The molecule has 1 aromatic heterocycles. The van der Waals surface area contributed by atoms with Gasteiger partial charge in [0.2, 0.25) is 5.91 Å². The minimum atomic E-state index is -0.230. The molecule has 0 spiro atoms. The van der Waals surface area contributed by atoms with E-state index in [4.69, 9.17) is 0 Å².